The molecule has 0 aliphatic carbocycles. The van der Waals surface area contributed by atoms with Crippen LogP contribution in [0.3, 0.4) is 0 Å². The monoisotopic (exact) mass is 321 g/mol. The molecule has 0 aromatic carbocycles. The molecule has 0 fully saturated rings. The Morgan fingerprint density at radius 2 is 1.41 bits per heavy atom. The van der Waals surface area contributed by atoms with Gasteiger partial charge in [0.15, 0.2) is 0 Å². The zero-order chi connectivity index (χ0) is 17.0. The van der Waals surface area contributed by atoms with Crippen molar-refractivity contribution >= 4 is 11.8 Å². The predicted octanol–water partition coefficient (Wildman–Crippen LogP) is -3.32. The molecule has 9 heteroatoms. The van der Waals surface area contributed by atoms with Crippen molar-refractivity contribution in [1.82, 2.24) is 16.0 Å². The van der Waals surface area contributed by atoms with Gasteiger partial charge in [-0.25, -0.2) is 0 Å². The van der Waals surface area contributed by atoms with Crippen molar-refractivity contribution < 1.29 is 30.0 Å². The number of nitrogens with one attached hydrogen (secondary N) is 3. The summed E-state index contributed by atoms with van der Waals surface area (Å²) in [6.45, 7) is 0.830. The third-order valence-corrected chi connectivity index (χ3v) is 3.02. The first-order valence-corrected chi connectivity index (χ1v) is 7.28. The lowest BCUT2D eigenvalue weighted by Crippen LogP contribution is -2.50. The van der Waals surface area contributed by atoms with Gasteiger partial charge >= 0.3 is 0 Å². The van der Waals surface area contributed by atoms with E-state index in [4.69, 9.17) is 20.4 Å². The summed E-state index contributed by atoms with van der Waals surface area (Å²) in [6.07, 6.45) is 0.239. The fourth-order valence-corrected chi connectivity index (χ4v) is 1.75. The Morgan fingerprint density at radius 1 is 0.909 bits per heavy atom. The van der Waals surface area contributed by atoms with Crippen LogP contribution in [0.5, 0.6) is 0 Å². The molecule has 130 valence electrons. The van der Waals surface area contributed by atoms with E-state index in [9.17, 15) is 9.59 Å². The number of likely N-dealkylation sites (N-methyl/N-ethyl adjacent to an activating group) is 1. The molecule has 0 rings (SSSR count). The first-order valence-electron chi connectivity index (χ1n) is 7.28. The molecule has 1 unspecified atom stereocenters. The number of hydrogen-bond donors (Lipinski definition) is 7. The van der Waals surface area contributed by atoms with E-state index in [-0.39, 0.29) is 45.2 Å². The van der Waals surface area contributed by atoms with E-state index in [1.165, 1.54) is 0 Å². The maximum absolute atomic E-state index is 12.0. The van der Waals surface area contributed by atoms with Crippen LogP contribution in [-0.4, -0.2) is 83.3 Å². The molecule has 9 nitrogen and oxygen atoms in total. The molecule has 7 N–H and O–H groups in total. The average Bonchev–Trinajstić information content (AvgIpc) is 2.53. The highest BCUT2D eigenvalue weighted by Crippen LogP contribution is 2.00. The van der Waals surface area contributed by atoms with Gasteiger partial charge in [0, 0.05) is 6.42 Å². The van der Waals surface area contributed by atoms with Crippen LogP contribution in [0, 0.1) is 0 Å². The lowest BCUT2D eigenvalue weighted by molar-refractivity contribution is -0.125. The second-order valence-corrected chi connectivity index (χ2v) is 4.85. The molecule has 0 saturated carbocycles. The topological polar surface area (TPSA) is 151 Å². The molecule has 0 aromatic heterocycles. The average molecular weight is 321 g/mol. The minimum absolute atomic E-state index is 0.0322. The van der Waals surface area contributed by atoms with E-state index in [1.807, 2.05) is 6.92 Å². The first kappa shape index (κ1) is 20.7. The van der Waals surface area contributed by atoms with E-state index >= 15 is 0 Å². The zero-order valence-electron chi connectivity index (χ0n) is 12.8. The van der Waals surface area contributed by atoms with Gasteiger partial charge in [0.25, 0.3) is 0 Å². The Labute approximate surface area is 129 Å². The summed E-state index contributed by atoms with van der Waals surface area (Å²) in [4.78, 5) is 23.7. The Bertz CT molecular complexity index is 321. The summed E-state index contributed by atoms with van der Waals surface area (Å²) in [5.74, 6) is -0.798. The third-order valence-electron chi connectivity index (χ3n) is 3.02. The van der Waals surface area contributed by atoms with Gasteiger partial charge in [-0.1, -0.05) is 6.92 Å². The van der Waals surface area contributed by atoms with Crippen molar-refractivity contribution in [2.75, 3.05) is 33.0 Å². The van der Waals surface area contributed by atoms with Gasteiger partial charge in [0.1, 0.15) is 0 Å². The largest absolute Gasteiger partial charge is 0.394 e. The van der Waals surface area contributed by atoms with Gasteiger partial charge in [0.05, 0.1) is 44.6 Å². The van der Waals surface area contributed by atoms with E-state index in [0.29, 0.717) is 6.54 Å². The second kappa shape index (κ2) is 12.3. The lowest BCUT2D eigenvalue weighted by atomic mass is 10.1. The number of amides is 2. The highest BCUT2D eigenvalue weighted by Gasteiger charge is 2.21. The second-order valence-electron chi connectivity index (χ2n) is 4.85. The molecule has 0 radical (unpaired) electrons. The van der Waals surface area contributed by atoms with Crippen LogP contribution in [0.2, 0.25) is 0 Å². The molecule has 2 amide bonds. The first-order chi connectivity index (χ1) is 10.5. The van der Waals surface area contributed by atoms with E-state index in [0.717, 1.165) is 0 Å². The van der Waals surface area contributed by atoms with Crippen molar-refractivity contribution in [3.8, 4) is 0 Å². The Balaban J connectivity index is 4.39. The molecule has 1 atom stereocenters. The smallest absolute Gasteiger partial charge is 0.237 e. The number of aliphatic hydroxyl groups excluding tert-OH is 4. The number of aliphatic hydroxyl groups is 4. The number of rotatable bonds is 12. The maximum Gasteiger partial charge on any atom is 0.237 e. The van der Waals surface area contributed by atoms with E-state index < -0.39 is 24.0 Å². The summed E-state index contributed by atoms with van der Waals surface area (Å²) >= 11 is 0. The Kier molecular flexibility index (Phi) is 11.6. The fourth-order valence-electron chi connectivity index (χ4n) is 1.75. The summed E-state index contributed by atoms with van der Waals surface area (Å²) < 4.78 is 0. The molecule has 0 aliphatic heterocycles. The van der Waals surface area contributed by atoms with E-state index in [1.54, 1.807) is 0 Å². The molecular formula is C13H27N3O6. The SMILES string of the molecule is CCNC(CCC(=O)NC(CO)CO)C(=O)NC(CO)CO. The summed E-state index contributed by atoms with van der Waals surface area (Å²) in [5, 5.41) is 43.5. The third kappa shape index (κ3) is 8.25. The summed E-state index contributed by atoms with van der Waals surface area (Å²) in [7, 11) is 0. The van der Waals surface area contributed by atoms with Crippen molar-refractivity contribution in [3.63, 3.8) is 0 Å². The molecule has 0 heterocycles. The van der Waals surface area contributed by atoms with Crippen LogP contribution < -0.4 is 16.0 Å². The van der Waals surface area contributed by atoms with Crippen LogP contribution in [-0.2, 0) is 9.59 Å². The molecule has 0 saturated heterocycles. The molecule has 0 aromatic rings. The number of carbonyl (C=O) groups excluding carboxylic acids is 2. The minimum atomic E-state index is -0.740. The zero-order valence-corrected chi connectivity index (χ0v) is 12.8. The highest BCUT2D eigenvalue weighted by atomic mass is 16.3. The molecule has 0 aliphatic rings. The van der Waals surface area contributed by atoms with Gasteiger partial charge in [-0.2, -0.15) is 0 Å². The molecular weight excluding hydrogens is 294 g/mol. The van der Waals surface area contributed by atoms with Crippen LogP contribution in [0.25, 0.3) is 0 Å². The summed E-state index contributed by atoms with van der Waals surface area (Å²) in [6, 6.07) is -2.10. The van der Waals surface area contributed by atoms with Gasteiger partial charge in [0.2, 0.25) is 11.8 Å². The number of carbonyl (C=O) groups is 2. The van der Waals surface area contributed by atoms with Crippen LogP contribution in [0.15, 0.2) is 0 Å². The highest BCUT2D eigenvalue weighted by molar-refractivity contribution is 5.83. The van der Waals surface area contributed by atoms with Crippen LogP contribution in [0.4, 0.5) is 0 Å². The van der Waals surface area contributed by atoms with Crippen LogP contribution >= 0.6 is 0 Å². The van der Waals surface area contributed by atoms with Crippen LogP contribution in [0.1, 0.15) is 19.8 Å². The quantitative estimate of drug-likeness (QED) is 0.199. The van der Waals surface area contributed by atoms with Gasteiger partial charge in [-0.3, -0.25) is 9.59 Å². The molecule has 0 bridgehead atoms. The van der Waals surface area contributed by atoms with Crippen molar-refractivity contribution in [3.05, 3.63) is 0 Å². The summed E-state index contributed by atoms with van der Waals surface area (Å²) in [5.41, 5.74) is 0. The normalized spacial score (nSPS) is 12.5. The number of hydrogen-bond acceptors (Lipinski definition) is 7. The molecule has 0 spiro atoms. The van der Waals surface area contributed by atoms with Gasteiger partial charge < -0.3 is 36.4 Å². The molecule has 22 heavy (non-hydrogen) atoms. The van der Waals surface area contributed by atoms with E-state index in [2.05, 4.69) is 16.0 Å². The Morgan fingerprint density at radius 3 is 1.86 bits per heavy atom. The van der Waals surface area contributed by atoms with Gasteiger partial charge in [-0.05, 0) is 13.0 Å². The Hall–Kier alpha value is -1.26. The van der Waals surface area contributed by atoms with Crippen molar-refractivity contribution in [2.45, 2.75) is 37.9 Å². The van der Waals surface area contributed by atoms with Crippen molar-refractivity contribution in [2.24, 2.45) is 0 Å². The van der Waals surface area contributed by atoms with Gasteiger partial charge in [-0.15, -0.1) is 0 Å². The van der Waals surface area contributed by atoms with Crippen molar-refractivity contribution in [1.29, 1.82) is 0 Å². The minimum Gasteiger partial charge on any atom is -0.394 e. The standard InChI is InChI=1S/C13H27N3O6/c1-2-14-11(13(22)16-10(7-19)8-20)3-4-12(21)15-9(5-17)6-18/h9-11,14,17-20H,2-8H2,1H3,(H,15,21)(H,16,22). The maximum atomic E-state index is 12.0. The predicted molar refractivity (Wildman–Crippen MR) is 78.9 cm³/mol. The lowest BCUT2D eigenvalue weighted by Gasteiger charge is -2.21. The fraction of sp³-hybridized carbons (Fsp3) is 0.846.